The van der Waals surface area contributed by atoms with Crippen molar-refractivity contribution in [1.29, 1.82) is 0 Å². The van der Waals surface area contributed by atoms with Crippen LogP contribution >= 0.6 is 0 Å². The van der Waals surface area contributed by atoms with Gasteiger partial charge in [0.1, 0.15) is 17.2 Å². The second kappa shape index (κ2) is 7.14. The number of rotatable bonds is 6. The summed E-state index contributed by atoms with van der Waals surface area (Å²) < 4.78 is 10.4. The molecule has 0 aliphatic heterocycles. The Morgan fingerprint density at radius 2 is 2.10 bits per heavy atom. The zero-order valence-corrected chi connectivity index (χ0v) is 11.9. The highest BCUT2D eigenvalue weighted by atomic mass is 16.5. The maximum absolute atomic E-state index is 11.7. The molecule has 0 aliphatic rings. The molecule has 2 N–H and O–H groups in total. The van der Waals surface area contributed by atoms with E-state index in [4.69, 9.17) is 9.15 Å². The van der Waals surface area contributed by atoms with Crippen LogP contribution in [0.25, 0.3) is 0 Å². The number of carbonyl (C=O) groups is 1. The number of anilines is 1. The van der Waals surface area contributed by atoms with Gasteiger partial charge in [-0.2, -0.15) is 5.10 Å². The topological polar surface area (TPSA) is 75.9 Å². The fourth-order valence-corrected chi connectivity index (χ4v) is 1.69. The lowest BCUT2D eigenvalue weighted by atomic mass is 10.3. The number of amides is 1. The molecule has 0 saturated carbocycles. The van der Waals surface area contributed by atoms with Crippen molar-refractivity contribution in [2.45, 2.75) is 6.92 Å². The first-order valence-corrected chi connectivity index (χ1v) is 6.44. The maximum Gasteiger partial charge on any atom is 0.259 e. The molecule has 1 aromatic carbocycles. The summed E-state index contributed by atoms with van der Waals surface area (Å²) in [5.74, 6) is 1.04. The Kier molecular flexibility index (Phi) is 4.98. The number of ether oxygens (including phenoxy) is 1. The summed E-state index contributed by atoms with van der Waals surface area (Å²) in [5.41, 5.74) is 3.82. The summed E-state index contributed by atoms with van der Waals surface area (Å²) in [6, 6.07) is 10.9. The summed E-state index contributed by atoms with van der Waals surface area (Å²) in [6.45, 7) is 1.85. The molecule has 0 saturated heterocycles. The normalized spacial score (nSPS) is 11.0. The molecule has 2 aromatic rings. The van der Waals surface area contributed by atoms with E-state index < -0.39 is 0 Å². The molecule has 2 rings (SSSR count). The van der Waals surface area contributed by atoms with Crippen molar-refractivity contribution in [3.05, 3.63) is 48.4 Å². The SMILES string of the molecule is COc1ccccc1NCC(=O)NN=C(C)c1ccco1. The van der Waals surface area contributed by atoms with Crippen molar-refractivity contribution in [1.82, 2.24) is 5.43 Å². The number of para-hydroxylation sites is 2. The van der Waals surface area contributed by atoms with Gasteiger partial charge >= 0.3 is 0 Å². The van der Waals surface area contributed by atoms with Gasteiger partial charge < -0.3 is 14.5 Å². The summed E-state index contributed by atoms with van der Waals surface area (Å²) in [6.07, 6.45) is 1.55. The van der Waals surface area contributed by atoms with E-state index in [-0.39, 0.29) is 12.5 Å². The first-order chi connectivity index (χ1) is 10.2. The molecule has 0 aliphatic carbocycles. The number of benzene rings is 1. The van der Waals surface area contributed by atoms with Gasteiger partial charge in [0.05, 0.1) is 25.6 Å². The van der Waals surface area contributed by atoms with Crippen LogP contribution in [0.5, 0.6) is 5.75 Å². The fourth-order valence-electron chi connectivity index (χ4n) is 1.69. The van der Waals surface area contributed by atoms with E-state index in [1.165, 1.54) is 0 Å². The van der Waals surface area contributed by atoms with E-state index in [0.29, 0.717) is 17.2 Å². The molecule has 0 bridgehead atoms. The number of nitrogens with one attached hydrogen (secondary N) is 2. The third kappa shape index (κ3) is 4.10. The summed E-state index contributed by atoms with van der Waals surface area (Å²) in [7, 11) is 1.58. The zero-order valence-electron chi connectivity index (χ0n) is 11.9. The molecule has 1 amide bonds. The quantitative estimate of drug-likeness (QED) is 0.631. The number of carbonyl (C=O) groups excluding carboxylic acids is 1. The third-order valence-electron chi connectivity index (χ3n) is 2.77. The Labute approximate surface area is 122 Å². The summed E-state index contributed by atoms with van der Waals surface area (Å²) in [5, 5.41) is 6.97. The van der Waals surface area contributed by atoms with Gasteiger partial charge in [-0.15, -0.1) is 0 Å². The van der Waals surface area contributed by atoms with Crippen LogP contribution in [0.2, 0.25) is 0 Å². The van der Waals surface area contributed by atoms with Crippen molar-refractivity contribution < 1.29 is 13.9 Å². The zero-order chi connectivity index (χ0) is 15.1. The van der Waals surface area contributed by atoms with Crippen LogP contribution in [-0.4, -0.2) is 25.3 Å². The third-order valence-corrected chi connectivity index (χ3v) is 2.77. The molecule has 1 aromatic heterocycles. The Bertz CT molecular complexity index is 621. The number of hydrogen-bond acceptors (Lipinski definition) is 5. The van der Waals surface area contributed by atoms with Crippen molar-refractivity contribution in [2.75, 3.05) is 19.0 Å². The Morgan fingerprint density at radius 3 is 2.81 bits per heavy atom. The lowest BCUT2D eigenvalue weighted by molar-refractivity contribution is -0.119. The molecule has 1 heterocycles. The predicted octanol–water partition coefficient (Wildman–Crippen LogP) is 2.24. The molecular formula is C15H17N3O3. The molecule has 21 heavy (non-hydrogen) atoms. The lowest BCUT2D eigenvalue weighted by Gasteiger charge is -2.09. The molecular weight excluding hydrogens is 270 g/mol. The van der Waals surface area contributed by atoms with Crippen LogP contribution in [0.1, 0.15) is 12.7 Å². The molecule has 0 spiro atoms. The summed E-state index contributed by atoms with van der Waals surface area (Å²) >= 11 is 0. The fraction of sp³-hybridized carbons (Fsp3) is 0.200. The standard InChI is InChI=1S/C15H17N3O3/c1-11(13-8-5-9-21-13)17-18-15(19)10-16-12-6-3-4-7-14(12)20-2/h3-9,16H,10H2,1-2H3,(H,18,19). The average molecular weight is 287 g/mol. The highest BCUT2D eigenvalue weighted by Crippen LogP contribution is 2.22. The van der Waals surface area contributed by atoms with E-state index >= 15 is 0 Å². The highest BCUT2D eigenvalue weighted by Gasteiger charge is 2.05. The van der Waals surface area contributed by atoms with Crippen molar-refractivity contribution in [3.63, 3.8) is 0 Å². The van der Waals surface area contributed by atoms with Crippen LogP contribution in [0.4, 0.5) is 5.69 Å². The highest BCUT2D eigenvalue weighted by molar-refractivity contribution is 5.97. The average Bonchev–Trinajstić information content (AvgIpc) is 3.05. The van der Waals surface area contributed by atoms with Crippen LogP contribution in [0.15, 0.2) is 52.2 Å². The van der Waals surface area contributed by atoms with Gasteiger partial charge in [-0.1, -0.05) is 12.1 Å². The minimum Gasteiger partial charge on any atom is -0.495 e. The number of furan rings is 1. The Balaban J connectivity index is 1.86. The van der Waals surface area contributed by atoms with E-state index in [1.54, 1.807) is 32.4 Å². The van der Waals surface area contributed by atoms with Gasteiger partial charge in [0.25, 0.3) is 5.91 Å². The van der Waals surface area contributed by atoms with Crippen molar-refractivity contribution in [3.8, 4) is 5.75 Å². The van der Waals surface area contributed by atoms with E-state index in [9.17, 15) is 4.79 Å². The number of nitrogens with zero attached hydrogens (tertiary/aromatic N) is 1. The molecule has 0 unspecified atom stereocenters. The van der Waals surface area contributed by atoms with Crippen LogP contribution in [-0.2, 0) is 4.79 Å². The van der Waals surface area contributed by atoms with Crippen molar-refractivity contribution >= 4 is 17.3 Å². The monoisotopic (exact) mass is 287 g/mol. The predicted molar refractivity (Wildman–Crippen MR) is 80.5 cm³/mol. The molecule has 0 radical (unpaired) electrons. The van der Waals surface area contributed by atoms with Gasteiger partial charge in [0.15, 0.2) is 0 Å². The Morgan fingerprint density at radius 1 is 1.29 bits per heavy atom. The smallest absolute Gasteiger partial charge is 0.259 e. The molecule has 6 heteroatoms. The van der Waals surface area contributed by atoms with Crippen LogP contribution in [0.3, 0.4) is 0 Å². The first kappa shape index (κ1) is 14.6. The van der Waals surface area contributed by atoms with Crippen molar-refractivity contribution in [2.24, 2.45) is 5.10 Å². The molecule has 0 fully saturated rings. The van der Waals surface area contributed by atoms with Crippen LogP contribution < -0.4 is 15.5 Å². The summed E-state index contributed by atoms with van der Waals surface area (Å²) in [4.78, 5) is 11.7. The minimum atomic E-state index is -0.258. The number of methoxy groups -OCH3 is 1. The van der Waals surface area contributed by atoms with E-state index in [2.05, 4.69) is 15.8 Å². The second-order valence-electron chi connectivity index (χ2n) is 4.26. The molecule has 0 atom stereocenters. The largest absolute Gasteiger partial charge is 0.495 e. The number of hydrogen-bond donors (Lipinski definition) is 2. The van der Waals surface area contributed by atoms with Gasteiger partial charge in [-0.3, -0.25) is 4.79 Å². The molecule has 110 valence electrons. The van der Waals surface area contributed by atoms with Crippen LogP contribution in [0, 0.1) is 0 Å². The number of hydrazone groups is 1. The molecule has 6 nitrogen and oxygen atoms in total. The maximum atomic E-state index is 11.7. The minimum absolute atomic E-state index is 0.0926. The van der Waals surface area contributed by atoms with E-state index in [1.807, 2.05) is 24.3 Å². The first-order valence-electron chi connectivity index (χ1n) is 6.44. The van der Waals surface area contributed by atoms with Gasteiger partial charge in [0.2, 0.25) is 0 Å². The van der Waals surface area contributed by atoms with Gasteiger partial charge in [-0.25, -0.2) is 5.43 Å². The van der Waals surface area contributed by atoms with Gasteiger partial charge in [-0.05, 0) is 31.2 Å². The van der Waals surface area contributed by atoms with Gasteiger partial charge in [0, 0.05) is 0 Å². The Hall–Kier alpha value is -2.76. The second-order valence-corrected chi connectivity index (χ2v) is 4.26. The lowest BCUT2D eigenvalue weighted by Crippen LogP contribution is -2.26. The van der Waals surface area contributed by atoms with E-state index in [0.717, 1.165) is 5.69 Å².